The number of thiol groups is 1. The van der Waals surface area contributed by atoms with Crippen LogP contribution in [0.4, 0.5) is 5.69 Å². The number of hydrogen-bond acceptors (Lipinski definition) is 5. The van der Waals surface area contributed by atoms with E-state index in [2.05, 4.69) is 12.6 Å². The van der Waals surface area contributed by atoms with E-state index in [9.17, 15) is 15.2 Å². The van der Waals surface area contributed by atoms with Gasteiger partial charge < -0.3 is 5.11 Å². The van der Waals surface area contributed by atoms with Crippen molar-refractivity contribution < 1.29 is 10.0 Å². The van der Waals surface area contributed by atoms with Gasteiger partial charge in [0.15, 0.2) is 0 Å². The van der Waals surface area contributed by atoms with Crippen molar-refractivity contribution in [3.8, 4) is 5.06 Å². The molecule has 0 fully saturated rings. The van der Waals surface area contributed by atoms with E-state index in [-0.39, 0.29) is 10.8 Å². The van der Waals surface area contributed by atoms with Gasteiger partial charge in [-0.1, -0.05) is 17.4 Å². The third-order valence-corrected chi connectivity index (χ3v) is 3.39. The van der Waals surface area contributed by atoms with Crippen molar-refractivity contribution in [2.45, 2.75) is 4.90 Å². The van der Waals surface area contributed by atoms with Crippen molar-refractivity contribution in [3.05, 3.63) is 28.3 Å². The van der Waals surface area contributed by atoms with Crippen LogP contribution in [0.15, 0.2) is 23.1 Å². The van der Waals surface area contributed by atoms with Crippen molar-refractivity contribution in [1.82, 2.24) is 0 Å². The Morgan fingerprint density at radius 3 is 2.86 bits per heavy atom. The number of rotatable bonds is 1. The van der Waals surface area contributed by atoms with Crippen LogP contribution in [0.5, 0.6) is 5.06 Å². The zero-order valence-electron chi connectivity index (χ0n) is 6.80. The lowest BCUT2D eigenvalue weighted by Crippen LogP contribution is -1.85. The van der Waals surface area contributed by atoms with Gasteiger partial charge in [-0.2, -0.15) is 0 Å². The molecule has 4 nitrogen and oxygen atoms in total. The molecule has 72 valence electrons. The first-order valence-electron chi connectivity index (χ1n) is 3.69. The van der Waals surface area contributed by atoms with E-state index < -0.39 is 4.92 Å². The highest BCUT2D eigenvalue weighted by atomic mass is 32.1. The molecule has 1 heterocycles. The first-order valence-corrected chi connectivity index (χ1v) is 4.95. The smallest absolute Gasteiger partial charge is 0.330 e. The Kier molecular flexibility index (Phi) is 2.09. The van der Waals surface area contributed by atoms with E-state index in [4.69, 9.17) is 0 Å². The lowest BCUT2D eigenvalue weighted by Gasteiger charge is -1.91. The summed E-state index contributed by atoms with van der Waals surface area (Å²) in [6, 6.07) is 5.00. The molecule has 1 N–H and O–H groups in total. The van der Waals surface area contributed by atoms with Gasteiger partial charge in [0.05, 0.1) is 15.0 Å². The molecule has 0 spiro atoms. The van der Waals surface area contributed by atoms with Crippen molar-refractivity contribution >= 4 is 39.7 Å². The normalized spacial score (nSPS) is 10.6. The van der Waals surface area contributed by atoms with Crippen LogP contribution in [0, 0.1) is 10.1 Å². The van der Waals surface area contributed by atoms with Gasteiger partial charge in [-0.25, -0.2) is 0 Å². The third kappa shape index (κ3) is 1.23. The maximum absolute atomic E-state index is 10.6. The number of nitro groups is 1. The predicted octanol–water partition coefficient (Wildman–Crippen LogP) is 2.80. The summed E-state index contributed by atoms with van der Waals surface area (Å²) < 4.78 is 0.639. The molecule has 0 aliphatic heterocycles. The van der Waals surface area contributed by atoms with Gasteiger partial charge in [-0.05, 0) is 12.1 Å². The van der Waals surface area contributed by atoms with Crippen molar-refractivity contribution in [2.24, 2.45) is 0 Å². The Morgan fingerprint density at radius 1 is 1.50 bits per heavy atom. The van der Waals surface area contributed by atoms with Crippen LogP contribution in [0.3, 0.4) is 0 Å². The fourth-order valence-electron chi connectivity index (χ4n) is 1.26. The largest absolute Gasteiger partial charge is 0.495 e. The molecule has 14 heavy (non-hydrogen) atoms. The van der Waals surface area contributed by atoms with Crippen LogP contribution in [0.25, 0.3) is 10.1 Å². The minimum atomic E-state index is -0.582. The Balaban J connectivity index is 2.90. The number of fused-ring (bicyclic) bond motifs is 1. The maximum Gasteiger partial charge on any atom is 0.330 e. The second kappa shape index (κ2) is 3.14. The summed E-state index contributed by atoms with van der Waals surface area (Å²) in [4.78, 5) is 10.7. The molecule has 0 aliphatic rings. The van der Waals surface area contributed by atoms with Crippen LogP contribution in [0.1, 0.15) is 0 Å². The summed E-state index contributed by atoms with van der Waals surface area (Å²) in [5.74, 6) is 0. The van der Waals surface area contributed by atoms with Gasteiger partial charge >= 0.3 is 5.69 Å². The monoisotopic (exact) mass is 227 g/mol. The fraction of sp³-hybridized carbons (Fsp3) is 0. The highest BCUT2D eigenvalue weighted by Crippen LogP contribution is 2.44. The second-order valence-corrected chi connectivity index (χ2v) is 4.15. The van der Waals surface area contributed by atoms with Crippen molar-refractivity contribution in [1.29, 1.82) is 0 Å². The fourth-order valence-corrected chi connectivity index (χ4v) is 2.52. The minimum absolute atomic E-state index is 0.235. The number of nitrogens with zero attached hydrogens (tertiary/aromatic N) is 1. The number of benzene rings is 1. The topological polar surface area (TPSA) is 63.4 Å². The van der Waals surface area contributed by atoms with E-state index >= 15 is 0 Å². The maximum atomic E-state index is 10.6. The average Bonchev–Trinajstić information content (AvgIpc) is 2.42. The van der Waals surface area contributed by atoms with E-state index in [1.165, 1.54) is 0 Å². The highest BCUT2D eigenvalue weighted by molar-refractivity contribution is 7.80. The average molecular weight is 227 g/mol. The molecule has 0 bridgehead atoms. The minimum Gasteiger partial charge on any atom is -0.495 e. The Bertz CT molecular complexity index is 521. The summed E-state index contributed by atoms with van der Waals surface area (Å²) in [6.45, 7) is 0. The number of aromatic hydroxyl groups is 1. The molecule has 1 aromatic carbocycles. The summed E-state index contributed by atoms with van der Waals surface area (Å²) in [7, 11) is 0. The van der Waals surface area contributed by atoms with Gasteiger partial charge in [0, 0.05) is 4.90 Å². The number of hydrogen-bond donors (Lipinski definition) is 2. The SMILES string of the molecule is O=[N+]([O-])c1c(O)sc2c(S)cccc12. The summed E-state index contributed by atoms with van der Waals surface area (Å²) >= 11 is 5.13. The van der Waals surface area contributed by atoms with Gasteiger partial charge in [0.25, 0.3) is 5.06 Å². The van der Waals surface area contributed by atoms with Crippen LogP contribution in [-0.4, -0.2) is 10.0 Å². The standard InChI is InChI=1S/C8H5NO3S2/c10-8-6(9(11)12)4-2-1-3-5(13)7(4)14-8/h1-3,10,13H. The van der Waals surface area contributed by atoms with E-state index in [1.807, 2.05) is 0 Å². The summed E-state index contributed by atoms with van der Waals surface area (Å²) in [5, 5.41) is 20.2. The van der Waals surface area contributed by atoms with Crippen LogP contribution < -0.4 is 0 Å². The van der Waals surface area contributed by atoms with Gasteiger partial charge in [-0.15, -0.1) is 12.6 Å². The molecule has 0 unspecified atom stereocenters. The van der Waals surface area contributed by atoms with Gasteiger partial charge in [0.2, 0.25) is 0 Å². The molecule has 0 radical (unpaired) electrons. The second-order valence-electron chi connectivity index (χ2n) is 2.67. The Morgan fingerprint density at radius 2 is 2.21 bits per heavy atom. The van der Waals surface area contributed by atoms with Crippen molar-refractivity contribution in [2.75, 3.05) is 0 Å². The van der Waals surface area contributed by atoms with E-state index in [0.29, 0.717) is 15.0 Å². The van der Waals surface area contributed by atoms with E-state index in [0.717, 1.165) is 11.3 Å². The van der Waals surface area contributed by atoms with Gasteiger partial charge in [0.1, 0.15) is 0 Å². The molecule has 0 atom stereocenters. The molecule has 0 saturated carbocycles. The summed E-state index contributed by atoms with van der Waals surface area (Å²) in [6.07, 6.45) is 0. The molecule has 2 rings (SSSR count). The Labute approximate surface area is 88.4 Å². The van der Waals surface area contributed by atoms with E-state index in [1.54, 1.807) is 18.2 Å². The zero-order chi connectivity index (χ0) is 10.3. The molecule has 2 aromatic rings. The highest BCUT2D eigenvalue weighted by Gasteiger charge is 2.22. The molecule has 1 aromatic heterocycles. The molecule has 0 amide bonds. The third-order valence-electron chi connectivity index (χ3n) is 1.83. The predicted molar refractivity (Wildman–Crippen MR) is 57.4 cm³/mol. The molecule has 6 heteroatoms. The molecular weight excluding hydrogens is 222 g/mol. The first kappa shape index (κ1) is 9.29. The molecule has 0 aliphatic carbocycles. The van der Waals surface area contributed by atoms with Crippen LogP contribution >= 0.6 is 24.0 Å². The quantitative estimate of drug-likeness (QED) is 0.447. The lowest BCUT2D eigenvalue weighted by molar-refractivity contribution is -0.383. The van der Waals surface area contributed by atoms with Gasteiger partial charge in [-0.3, -0.25) is 10.1 Å². The zero-order valence-corrected chi connectivity index (χ0v) is 8.51. The van der Waals surface area contributed by atoms with Crippen LogP contribution in [-0.2, 0) is 0 Å². The Hall–Kier alpha value is -1.27. The molecule has 0 saturated heterocycles. The number of thiophene rings is 1. The first-order chi connectivity index (χ1) is 6.61. The lowest BCUT2D eigenvalue weighted by atomic mass is 10.2. The van der Waals surface area contributed by atoms with Crippen LogP contribution in [0.2, 0.25) is 0 Å². The summed E-state index contributed by atoms with van der Waals surface area (Å²) in [5.41, 5.74) is -0.235. The van der Waals surface area contributed by atoms with Crippen molar-refractivity contribution in [3.63, 3.8) is 0 Å². The molecular formula is C8H5NO3S2.